The summed E-state index contributed by atoms with van der Waals surface area (Å²) in [7, 11) is 0. The van der Waals surface area contributed by atoms with Crippen LogP contribution in [0.4, 0.5) is 18.0 Å². The van der Waals surface area contributed by atoms with Crippen LogP contribution in [0, 0.1) is 23.4 Å². The lowest BCUT2D eigenvalue weighted by atomic mass is 9.99. The van der Waals surface area contributed by atoms with E-state index in [2.05, 4.69) is 5.32 Å². The lowest BCUT2D eigenvalue weighted by Gasteiger charge is -2.34. The van der Waals surface area contributed by atoms with Crippen LogP contribution in [0.15, 0.2) is 60.7 Å². The Morgan fingerprint density at radius 2 is 1.66 bits per heavy atom. The van der Waals surface area contributed by atoms with Crippen LogP contribution in [-0.4, -0.2) is 49.0 Å². The van der Waals surface area contributed by atoms with Crippen molar-refractivity contribution in [3.8, 4) is 17.2 Å². The minimum Gasteiger partial charge on any atom is -0.493 e. The second-order valence-corrected chi connectivity index (χ2v) is 11.5. The molecule has 11 heteroatoms. The molecule has 1 saturated heterocycles. The fourth-order valence-electron chi connectivity index (χ4n) is 4.64. The maximum atomic E-state index is 13.3. The van der Waals surface area contributed by atoms with Crippen molar-refractivity contribution in [2.75, 3.05) is 26.5 Å². The highest BCUT2D eigenvalue weighted by Gasteiger charge is 2.28. The molecule has 236 valence electrons. The van der Waals surface area contributed by atoms with Crippen LogP contribution in [0.1, 0.15) is 44.7 Å². The first-order valence-electron chi connectivity index (χ1n) is 14.4. The molecule has 1 fully saturated rings. The molecular weight excluding hydrogens is 577 g/mol. The maximum absolute atomic E-state index is 13.3. The molecular formula is C33H37F3N2O6. The Bertz CT molecular complexity index is 1430. The van der Waals surface area contributed by atoms with Crippen molar-refractivity contribution in [3.63, 3.8) is 0 Å². The van der Waals surface area contributed by atoms with Crippen LogP contribution >= 0.6 is 0 Å². The second-order valence-electron chi connectivity index (χ2n) is 11.5. The smallest absolute Gasteiger partial charge is 0.410 e. The summed E-state index contributed by atoms with van der Waals surface area (Å²) in [6.07, 6.45) is 1.59. The number of hydrogen-bond acceptors (Lipinski definition) is 6. The number of hydrogen-bond donors (Lipinski definition) is 1. The summed E-state index contributed by atoms with van der Waals surface area (Å²) in [6.45, 7) is 7.62. The van der Waals surface area contributed by atoms with Gasteiger partial charge in [0.2, 0.25) is 12.7 Å². The van der Waals surface area contributed by atoms with E-state index in [1.807, 2.05) is 39.0 Å². The van der Waals surface area contributed by atoms with E-state index in [1.54, 1.807) is 11.0 Å². The van der Waals surface area contributed by atoms with Gasteiger partial charge < -0.3 is 29.2 Å². The van der Waals surface area contributed by atoms with Crippen LogP contribution < -0.4 is 19.5 Å². The third-order valence-electron chi connectivity index (χ3n) is 6.83. The number of carbonyl (C=O) groups is 2. The van der Waals surface area contributed by atoms with E-state index in [-0.39, 0.29) is 37.0 Å². The summed E-state index contributed by atoms with van der Waals surface area (Å²) in [4.78, 5) is 25.6. The van der Waals surface area contributed by atoms with Crippen molar-refractivity contribution in [1.82, 2.24) is 10.2 Å². The zero-order valence-electron chi connectivity index (χ0n) is 25.0. The standard InChI is InChI=1S/C18H25NO5.C15H12F3NO/c1-18(2,3)24-17(20)19-8-4-5-13(10-19)11-21-14-6-7-15-16(9-14)23-12-22-15;16-12-5-2-1-4-10(12)8-15(20)19-9-11-13(17)6-3-7-14(11)18/h6-7,9,13H,4-5,8,10-12H2,1-3H3;1-7H,8-9H2,(H,19,20). The number of nitrogens with one attached hydrogen (secondary N) is 1. The molecule has 5 rings (SSSR count). The Balaban J connectivity index is 0.000000204. The topological polar surface area (TPSA) is 86.3 Å². The quantitative estimate of drug-likeness (QED) is 0.331. The lowest BCUT2D eigenvalue weighted by Crippen LogP contribution is -2.44. The lowest BCUT2D eigenvalue weighted by molar-refractivity contribution is -0.120. The number of amides is 2. The van der Waals surface area contributed by atoms with Crippen LogP contribution in [0.2, 0.25) is 0 Å². The van der Waals surface area contributed by atoms with Gasteiger partial charge in [-0.15, -0.1) is 0 Å². The highest BCUT2D eigenvalue weighted by atomic mass is 19.1. The molecule has 44 heavy (non-hydrogen) atoms. The van der Waals surface area contributed by atoms with Crippen molar-refractivity contribution in [2.24, 2.45) is 5.92 Å². The molecule has 3 aromatic rings. The molecule has 0 spiro atoms. The van der Waals surface area contributed by atoms with E-state index in [0.29, 0.717) is 24.8 Å². The number of halogens is 3. The van der Waals surface area contributed by atoms with Gasteiger partial charge >= 0.3 is 6.09 Å². The van der Waals surface area contributed by atoms with Gasteiger partial charge in [0.25, 0.3) is 0 Å². The SMILES string of the molecule is CC(C)(C)OC(=O)N1CCCC(COc2ccc3c(c2)OCO3)C1.O=C(Cc1ccccc1F)NCc1c(F)cccc1F. The summed E-state index contributed by atoms with van der Waals surface area (Å²) < 4.78 is 62.0. The second kappa shape index (κ2) is 14.9. The molecule has 8 nitrogen and oxygen atoms in total. The summed E-state index contributed by atoms with van der Waals surface area (Å²) >= 11 is 0. The van der Waals surface area contributed by atoms with Gasteiger partial charge in [-0.2, -0.15) is 0 Å². The number of fused-ring (bicyclic) bond motifs is 1. The summed E-state index contributed by atoms with van der Waals surface area (Å²) in [5, 5.41) is 2.37. The molecule has 2 amide bonds. The Morgan fingerprint density at radius 3 is 2.39 bits per heavy atom. The maximum Gasteiger partial charge on any atom is 0.410 e. The van der Waals surface area contributed by atoms with E-state index in [9.17, 15) is 22.8 Å². The molecule has 3 aromatic carbocycles. The van der Waals surface area contributed by atoms with E-state index in [0.717, 1.165) is 43.0 Å². The summed E-state index contributed by atoms with van der Waals surface area (Å²) in [5.74, 6) is 0.0813. The largest absolute Gasteiger partial charge is 0.493 e. The molecule has 0 aliphatic carbocycles. The predicted octanol–water partition coefficient (Wildman–Crippen LogP) is 6.40. The summed E-state index contributed by atoms with van der Waals surface area (Å²) in [5.41, 5.74) is -0.444. The number of benzene rings is 3. The molecule has 0 bridgehead atoms. The molecule has 1 atom stereocenters. The number of rotatable bonds is 7. The van der Waals surface area contributed by atoms with Gasteiger partial charge in [0.1, 0.15) is 28.8 Å². The molecule has 0 aromatic heterocycles. The van der Waals surface area contributed by atoms with Crippen LogP contribution in [-0.2, 0) is 22.5 Å². The number of piperidine rings is 1. The minimum atomic E-state index is -0.726. The fourth-order valence-corrected chi connectivity index (χ4v) is 4.64. The monoisotopic (exact) mass is 614 g/mol. The highest BCUT2D eigenvalue weighted by molar-refractivity contribution is 5.78. The molecule has 2 aliphatic heterocycles. The zero-order chi connectivity index (χ0) is 31.7. The van der Waals surface area contributed by atoms with Crippen LogP contribution in [0.3, 0.4) is 0 Å². The van der Waals surface area contributed by atoms with Crippen LogP contribution in [0.5, 0.6) is 17.2 Å². The van der Waals surface area contributed by atoms with E-state index < -0.39 is 29.0 Å². The normalized spacial score (nSPS) is 15.6. The van der Waals surface area contributed by atoms with Crippen LogP contribution in [0.25, 0.3) is 0 Å². The minimum absolute atomic E-state index is 0.178. The Hall–Kier alpha value is -4.41. The Kier molecular flexibility index (Phi) is 11.0. The molecule has 0 radical (unpaired) electrons. The third-order valence-corrected chi connectivity index (χ3v) is 6.83. The average molecular weight is 615 g/mol. The highest BCUT2D eigenvalue weighted by Crippen LogP contribution is 2.35. The molecule has 2 heterocycles. The number of ether oxygens (including phenoxy) is 4. The Labute approximate surface area is 255 Å². The van der Waals surface area contributed by atoms with Crippen molar-refractivity contribution in [2.45, 2.75) is 52.2 Å². The molecule has 1 unspecified atom stereocenters. The number of carbonyl (C=O) groups excluding carboxylic acids is 2. The van der Waals surface area contributed by atoms with E-state index in [4.69, 9.17) is 18.9 Å². The zero-order valence-corrected chi connectivity index (χ0v) is 25.0. The van der Waals surface area contributed by atoms with Gasteiger partial charge in [-0.1, -0.05) is 24.3 Å². The first-order valence-corrected chi connectivity index (χ1v) is 14.4. The number of nitrogens with zero attached hydrogens (tertiary/aromatic N) is 1. The van der Waals surface area contributed by atoms with Gasteiger partial charge in [-0.25, -0.2) is 18.0 Å². The van der Waals surface area contributed by atoms with Crippen molar-refractivity contribution < 1.29 is 41.7 Å². The average Bonchev–Trinajstić information content (AvgIpc) is 3.45. The molecule has 2 aliphatic rings. The predicted molar refractivity (Wildman–Crippen MR) is 157 cm³/mol. The molecule has 0 saturated carbocycles. The van der Waals surface area contributed by atoms with Gasteiger partial charge in [0, 0.05) is 37.2 Å². The summed E-state index contributed by atoms with van der Waals surface area (Å²) in [6, 6.07) is 14.9. The van der Waals surface area contributed by atoms with Gasteiger partial charge in [0.05, 0.1) is 13.0 Å². The fraction of sp³-hybridized carbons (Fsp3) is 0.394. The van der Waals surface area contributed by atoms with Crippen molar-refractivity contribution >= 4 is 12.0 Å². The third kappa shape index (κ3) is 9.55. The molecule has 1 N–H and O–H groups in total. The van der Waals surface area contributed by atoms with Gasteiger partial charge in [-0.05, 0) is 69.5 Å². The van der Waals surface area contributed by atoms with Crippen molar-refractivity contribution in [3.05, 3.63) is 89.2 Å². The van der Waals surface area contributed by atoms with E-state index in [1.165, 1.54) is 24.3 Å². The van der Waals surface area contributed by atoms with Crippen molar-refractivity contribution in [1.29, 1.82) is 0 Å². The Morgan fingerprint density at radius 1 is 0.955 bits per heavy atom. The van der Waals surface area contributed by atoms with Gasteiger partial charge in [-0.3, -0.25) is 4.79 Å². The first-order chi connectivity index (χ1) is 21.0. The van der Waals surface area contributed by atoms with E-state index >= 15 is 0 Å². The number of likely N-dealkylation sites (tertiary alicyclic amines) is 1. The van der Waals surface area contributed by atoms with Gasteiger partial charge in [0.15, 0.2) is 11.5 Å². The first kappa shape index (κ1) is 32.5.